The number of hydrogen-bond acceptors (Lipinski definition) is 5. The minimum Gasteiger partial charge on any atom is -0.382 e. The number of nitrogens with zero attached hydrogens (tertiary/aromatic N) is 5. The first-order valence-corrected chi connectivity index (χ1v) is 8.11. The van der Waals surface area contributed by atoms with E-state index in [9.17, 15) is 0 Å². The smallest absolute Gasteiger partial charge is 0.165 e. The van der Waals surface area contributed by atoms with Crippen molar-refractivity contribution in [2.45, 2.75) is 52.1 Å². The van der Waals surface area contributed by atoms with Crippen LogP contribution >= 0.6 is 0 Å². The zero-order chi connectivity index (χ0) is 15.7. The van der Waals surface area contributed by atoms with Crippen molar-refractivity contribution in [3.05, 3.63) is 12.7 Å². The molecule has 2 N–H and O–H groups in total. The number of piperidine rings is 1. The van der Waals surface area contributed by atoms with Crippen LogP contribution in [0.5, 0.6) is 0 Å². The van der Waals surface area contributed by atoms with Crippen LogP contribution in [0.2, 0.25) is 0 Å². The second-order valence-electron chi connectivity index (χ2n) is 7.26. The van der Waals surface area contributed by atoms with Gasteiger partial charge < -0.3 is 10.3 Å². The van der Waals surface area contributed by atoms with Crippen LogP contribution in [-0.4, -0.2) is 43.0 Å². The summed E-state index contributed by atoms with van der Waals surface area (Å²) in [5, 5.41) is 0. The molecule has 0 aromatic heterocycles. The molecule has 3 rings (SSSR count). The van der Waals surface area contributed by atoms with E-state index in [2.05, 4.69) is 45.2 Å². The SMILES string of the molecule is CC(C)(C)N1CCC(CCn2cnc(N)c3ncnc2-3)CC1. The Kier molecular flexibility index (Phi) is 4.04. The van der Waals surface area contributed by atoms with Crippen molar-refractivity contribution >= 4 is 5.82 Å². The van der Waals surface area contributed by atoms with Gasteiger partial charge >= 0.3 is 0 Å². The Labute approximate surface area is 132 Å². The summed E-state index contributed by atoms with van der Waals surface area (Å²) in [5.74, 6) is 2.09. The number of anilines is 1. The van der Waals surface area contributed by atoms with Gasteiger partial charge in [-0.15, -0.1) is 0 Å². The highest BCUT2D eigenvalue weighted by molar-refractivity contribution is 5.64. The number of hydrogen-bond donors (Lipinski definition) is 1. The lowest BCUT2D eigenvalue weighted by Gasteiger charge is -2.41. The number of likely N-dealkylation sites (tertiary alicyclic amines) is 1. The third kappa shape index (κ3) is 3.06. The molecule has 0 amide bonds. The van der Waals surface area contributed by atoms with Crippen molar-refractivity contribution in [3.8, 4) is 11.5 Å². The minimum absolute atomic E-state index is 0.289. The Hall–Kier alpha value is -1.69. The van der Waals surface area contributed by atoms with Crippen LogP contribution in [0, 0.1) is 5.92 Å². The second kappa shape index (κ2) is 5.83. The monoisotopic (exact) mass is 302 g/mol. The molecule has 3 aliphatic rings. The van der Waals surface area contributed by atoms with Crippen molar-refractivity contribution < 1.29 is 0 Å². The molecule has 120 valence electrons. The second-order valence-corrected chi connectivity index (χ2v) is 7.26. The quantitative estimate of drug-likeness (QED) is 0.941. The Morgan fingerprint density at radius 2 is 1.91 bits per heavy atom. The summed E-state index contributed by atoms with van der Waals surface area (Å²) in [4.78, 5) is 15.3. The zero-order valence-corrected chi connectivity index (χ0v) is 13.8. The fourth-order valence-electron chi connectivity index (χ4n) is 3.28. The van der Waals surface area contributed by atoms with Crippen LogP contribution in [0.15, 0.2) is 12.7 Å². The predicted molar refractivity (Wildman–Crippen MR) is 87.5 cm³/mol. The topological polar surface area (TPSA) is 72.9 Å². The average molecular weight is 302 g/mol. The molecule has 0 radical (unpaired) electrons. The molecular weight excluding hydrogens is 276 g/mol. The fourth-order valence-corrected chi connectivity index (χ4v) is 3.28. The van der Waals surface area contributed by atoms with E-state index in [-0.39, 0.29) is 5.54 Å². The first kappa shape index (κ1) is 15.2. The van der Waals surface area contributed by atoms with E-state index in [0.29, 0.717) is 11.5 Å². The van der Waals surface area contributed by atoms with Gasteiger partial charge in [0.05, 0.1) is 6.33 Å². The van der Waals surface area contributed by atoms with Gasteiger partial charge in [-0.25, -0.2) is 15.0 Å². The van der Waals surface area contributed by atoms with Crippen LogP contribution in [0.4, 0.5) is 5.82 Å². The predicted octanol–water partition coefficient (Wildman–Crippen LogP) is 2.26. The van der Waals surface area contributed by atoms with Gasteiger partial charge in [0.15, 0.2) is 11.6 Å². The van der Waals surface area contributed by atoms with Crippen LogP contribution in [0.1, 0.15) is 40.0 Å². The molecule has 3 aliphatic heterocycles. The molecule has 0 aliphatic carbocycles. The highest BCUT2D eigenvalue weighted by Gasteiger charge is 2.27. The van der Waals surface area contributed by atoms with Gasteiger partial charge in [-0.3, -0.25) is 4.90 Å². The lowest BCUT2D eigenvalue weighted by molar-refractivity contribution is 0.0842. The average Bonchev–Trinajstić information content (AvgIpc) is 2.97. The molecule has 6 nitrogen and oxygen atoms in total. The van der Waals surface area contributed by atoms with Crippen molar-refractivity contribution in [2.75, 3.05) is 18.8 Å². The standard InChI is InChI=1S/C16H26N6/c1-16(2,3)22-8-5-12(6-9-22)4-7-21-11-20-14(17)13-15(21)19-10-18-13/h10-12H,4-9,17H2,1-3H3. The largest absolute Gasteiger partial charge is 0.382 e. The minimum atomic E-state index is 0.289. The molecule has 6 heteroatoms. The molecule has 0 spiro atoms. The maximum absolute atomic E-state index is 5.83. The van der Waals surface area contributed by atoms with E-state index in [4.69, 9.17) is 5.73 Å². The van der Waals surface area contributed by atoms with Gasteiger partial charge in [-0.1, -0.05) is 0 Å². The van der Waals surface area contributed by atoms with E-state index in [0.717, 1.165) is 24.7 Å². The summed E-state index contributed by atoms with van der Waals surface area (Å²) < 4.78 is 2.08. The van der Waals surface area contributed by atoms with Crippen LogP contribution in [-0.2, 0) is 6.54 Å². The Bertz CT molecular complexity index is 591. The number of nitrogen functional groups attached to an aromatic ring is 1. The molecule has 0 atom stereocenters. The maximum Gasteiger partial charge on any atom is 0.165 e. The van der Waals surface area contributed by atoms with Crippen LogP contribution in [0.25, 0.3) is 11.5 Å². The van der Waals surface area contributed by atoms with Crippen LogP contribution in [0.3, 0.4) is 0 Å². The molecule has 1 saturated heterocycles. The van der Waals surface area contributed by atoms with Gasteiger partial charge in [-0.05, 0) is 59.0 Å². The molecule has 0 aromatic carbocycles. The molecule has 22 heavy (non-hydrogen) atoms. The third-order valence-corrected chi connectivity index (χ3v) is 4.77. The number of aromatic nitrogens is 4. The van der Waals surface area contributed by atoms with E-state index in [1.807, 2.05) is 0 Å². The molecular formula is C16H26N6. The van der Waals surface area contributed by atoms with Crippen molar-refractivity contribution in [1.29, 1.82) is 0 Å². The number of aryl methyl sites for hydroxylation is 1. The molecule has 1 fully saturated rings. The number of imidazole rings is 1. The lowest BCUT2D eigenvalue weighted by atomic mass is 9.90. The zero-order valence-electron chi connectivity index (χ0n) is 13.8. The molecule has 3 heterocycles. The van der Waals surface area contributed by atoms with E-state index >= 15 is 0 Å². The number of fused-ring (bicyclic) bond motifs is 1. The van der Waals surface area contributed by atoms with Crippen LogP contribution < -0.4 is 5.73 Å². The maximum atomic E-state index is 5.83. The first-order valence-electron chi connectivity index (χ1n) is 8.11. The summed E-state index contributed by atoms with van der Waals surface area (Å²) >= 11 is 0. The molecule has 0 aromatic rings. The first-order chi connectivity index (χ1) is 10.4. The van der Waals surface area contributed by atoms with Crippen molar-refractivity contribution in [1.82, 2.24) is 24.4 Å². The summed E-state index contributed by atoms with van der Waals surface area (Å²) in [6.07, 6.45) is 7.06. The molecule has 0 bridgehead atoms. The summed E-state index contributed by atoms with van der Waals surface area (Å²) in [6.45, 7) is 10.2. The molecule has 0 unspecified atom stereocenters. The Balaban J connectivity index is 1.57. The van der Waals surface area contributed by atoms with Crippen molar-refractivity contribution in [2.24, 2.45) is 5.92 Å². The fraction of sp³-hybridized carbons (Fsp3) is 0.688. The van der Waals surface area contributed by atoms with Crippen molar-refractivity contribution in [3.63, 3.8) is 0 Å². The highest BCUT2D eigenvalue weighted by Crippen LogP contribution is 2.27. The van der Waals surface area contributed by atoms with Gasteiger partial charge in [0.2, 0.25) is 0 Å². The number of nitrogens with two attached hydrogens (primary N) is 1. The lowest BCUT2D eigenvalue weighted by Crippen LogP contribution is -2.46. The van der Waals surface area contributed by atoms with E-state index in [1.54, 1.807) is 12.7 Å². The summed E-state index contributed by atoms with van der Waals surface area (Å²) in [5.41, 5.74) is 6.83. The van der Waals surface area contributed by atoms with E-state index in [1.165, 1.54) is 25.9 Å². The van der Waals surface area contributed by atoms with Gasteiger partial charge in [0.1, 0.15) is 12.0 Å². The van der Waals surface area contributed by atoms with Gasteiger partial charge in [0, 0.05) is 12.1 Å². The van der Waals surface area contributed by atoms with E-state index < -0.39 is 0 Å². The normalized spacial score (nSPS) is 18.1. The summed E-state index contributed by atoms with van der Waals surface area (Å²) in [6, 6.07) is 0. The summed E-state index contributed by atoms with van der Waals surface area (Å²) in [7, 11) is 0. The Morgan fingerprint density at radius 3 is 2.59 bits per heavy atom. The Morgan fingerprint density at radius 1 is 1.18 bits per heavy atom. The third-order valence-electron chi connectivity index (χ3n) is 4.77. The van der Waals surface area contributed by atoms with Gasteiger partial charge in [0.25, 0.3) is 0 Å². The molecule has 0 saturated carbocycles. The highest BCUT2D eigenvalue weighted by atomic mass is 15.2. The van der Waals surface area contributed by atoms with Gasteiger partial charge in [-0.2, -0.15) is 0 Å². The number of rotatable bonds is 3.